The number of amides is 3. The number of hydrogen-bond acceptors (Lipinski definition) is 7. The lowest BCUT2D eigenvalue weighted by atomic mass is 10.2. The second kappa shape index (κ2) is 10.4. The summed E-state index contributed by atoms with van der Waals surface area (Å²) < 4.78 is 17.1. The van der Waals surface area contributed by atoms with Crippen molar-refractivity contribution in [1.29, 1.82) is 0 Å². The lowest BCUT2D eigenvalue weighted by Crippen LogP contribution is -2.41. The predicted molar refractivity (Wildman–Crippen MR) is 125 cm³/mol. The number of carbonyl (C=O) groups is 3. The largest absolute Gasteiger partial charge is 0.491 e. The van der Waals surface area contributed by atoms with Crippen LogP contribution in [-0.4, -0.2) is 63.5 Å². The number of benzene rings is 1. The highest BCUT2D eigenvalue weighted by atomic mass is 35.5. The molecule has 3 heterocycles. The van der Waals surface area contributed by atoms with Crippen molar-refractivity contribution >= 4 is 52.2 Å². The minimum absolute atomic E-state index is 0.0381. The van der Waals surface area contributed by atoms with Crippen molar-refractivity contribution in [1.82, 2.24) is 5.32 Å². The standard InChI is InChI=1S/C22H24ClN3O6S/c1-2-8-31-17-10-14(25-7-9-30-13-20(25)27)3-4-16(17)26-12-15(32-22(26)29)11-24-21(28)18-5-6-19(23)33-18/h3-6,10,15H,2,7-9,11-13H2,1H3,(H,24,28)/t15-/m0/s1. The molecular formula is C22H24ClN3O6S. The van der Waals surface area contributed by atoms with Crippen LogP contribution in [0.2, 0.25) is 4.34 Å². The fourth-order valence-corrected chi connectivity index (χ4v) is 4.53. The molecule has 9 nitrogen and oxygen atoms in total. The number of nitrogens with one attached hydrogen (secondary N) is 1. The van der Waals surface area contributed by atoms with Gasteiger partial charge in [0.25, 0.3) is 11.8 Å². The third kappa shape index (κ3) is 5.40. The zero-order valence-electron chi connectivity index (χ0n) is 18.0. The highest BCUT2D eigenvalue weighted by molar-refractivity contribution is 7.18. The number of anilines is 2. The number of ether oxygens (including phenoxy) is 3. The number of cyclic esters (lactones) is 1. The molecule has 0 unspecified atom stereocenters. The summed E-state index contributed by atoms with van der Waals surface area (Å²) in [4.78, 5) is 40.7. The highest BCUT2D eigenvalue weighted by Crippen LogP contribution is 2.36. The number of halogens is 1. The summed E-state index contributed by atoms with van der Waals surface area (Å²) >= 11 is 7.06. The molecule has 2 aromatic rings. The number of thiophene rings is 1. The van der Waals surface area contributed by atoms with Crippen LogP contribution in [0.5, 0.6) is 5.75 Å². The summed E-state index contributed by atoms with van der Waals surface area (Å²) in [5, 5.41) is 2.77. The van der Waals surface area contributed by atoms with Gasteiger partial charge in [-0.1, -0.05) is 18.5 Å². The first kappa shape index (κ1) is 23.3. The third-order valence-electron chi connectivity index (χ3n) is 5.15. The number of rotatable bonds is 8. The molecule has 1 N–H and O–H groups in total. The van der Waals surface area contributed by atoms with E-state index in [2.05, 4.69) is 5.32 Å². The lowest BCUT2D eigenvalue weighted by molar-refractivity contribution is -0.125. The SMILES string of the molecule is CCCOc1cc(N2CCOCC2=O)ccc1N1C[C@H](CNC(=O)c2ccc(Cl)s2)OC1=O. The van der Waals surface area contributed by atoms with Crippen molar-refractivity contribution < 1.29 is 28.6 Å². The van der Waals surface area contributed by atoms with Gasteiger partial charge in [0.1, 0.15) is 18.5 Å². The topological polar surface area (TPSA) is 97.4 Å². The molecule has 1 aromatic heterocycles. The molecule has 2 aliphatic rings. The molecule has 1 atom stereocenters. The summed E-state index contributed by atoms with van der Waals surface area (Å²) in [5.74, 6) is 0.0928. The van der Waals surface area contributed by atoms with Crippen LogP contribution in [0.4, 0.5) is 16.2 Å². The maximum atomic E-state index is 12.6. The van der Waals surface area contributed by atoms with Gasteiger partial charge in [0.2, 0.25) is 0 Å². The maximum Gasteiger partial charge on any atom is 0.414 e. The van der Waals surface area contributed by atoms with Gasteiger partial charge in [0, 0.05) is 18.3 Å². The number of hydrogen-bond donors (Lipinski definition) is 1. The first-order valence-corrected chi connectivity index (χ1v) is 11.8. The second-order valence-electron chi connectivity index (χ2n) is 7.53. The molecule has 0 saturated carbocycles. The Hall–Kier alpha value is -2.82. The molecule has 3 amide bonds. The molecule has 0 aliphatic carbocycles. The zero-order valence-corrected chi connectivity index (χ0v) is 19.6. The van der Waals surface area contributed by atoms with E-state index in [-0.39, 0.29) is 31.5 Å². The molecule has 11 heteroatoms. The maximum absolute atomic E-state index is 12.6. The van der Waals surface area contributed by atoms with E-state index in [4.69, 9.17) is 25.8 Å². The van der Waals surface area contributed by atoms with E-state index in [1.54, 1.807) is 35.2 Å². The van der Waals surface area contributed by atoms with Crippen LogP contribution in [0.1, 0.15) is 23.0 Å². The Morgan fingerprint density at radius 3 is 2.85 bits per heavy atom. The Balaban J connectivity index is 1.46. The van der Waals surface area contributed by atoms with E-state index in [1.165, 1.54) is 16.2 Å². The van der Waals surface area contributed by atoms with Gasteiger partial charge in [-0.25, -0.2) is 4.79 Å². The zero-order chi connectivity index (χ0) is 23.4. The smallest absolute Gasteiger partial charge is 0.414 e. The van der Waals surface area contributed by atoms with E-state index in [9.17, 15) is 14.4 Å². The number of carbonyl (C=O) groups excluding carboxylic acids is 3. The molecule has 4 rings (SSSR count). The van der Waals surface area contributed by atoms with Gasteiger partial charge in [-0.05, 0) is 30.7 Å². The van der Waals surface area contributed by atoms with Gasteiger partial charge < -0.3 is 24.4 Å². The van der Waals surface area contributed by atoms with Crippen molar-refractivity contribution in [3.05, 3.63) is 39.5 Å². The molecule has 2 fully saturated rings. The fourth-order valence-electron chi connectivity index (χ4n) is 3.57. The van der Waals surface area contributed by atoms with Gasteiger partial charge in [-0.15, -0.1) is 11.3 Å². The first-order valence-electron chi connectivity index (χ1n) is 10.6. The summed E-state index contributed by atoms with van der Waals surface area (Å²) in [6.45, 7) is 3.82. The summed E-state index contributed by atoms with van der Waals surface area (Å²) in [7, 11) is 0. The monoisotopic (exact) mass is 493 g/mol. The Kier molecular flexibility index (Phi) is 7.36. The van der Waals surface area contributed by atoms with Gasteiger partial charge in [-0.3, -0.25) is 14.5 Å². The molecule has 0 radical (unpaired) electrons. The normalized spacial score (nSPS) is 18.4. The van der Waals surface area contributed by atoms with Crippen molar-refractivity contribution in [3.8, 4) is 5.75 Å². The predicted octanol–water partition coefficient (Wildman–Crippen LogP) is 3.31. The van der Waals surface area contributed by atoms with Crippen LogP contribution >= 0.6 is 22.9 Å². The summed E-state index contributed by atoms with van der Waals surface area (Å²) in [6.07, 6.45) is -0.257. The fraction of sp³-hybridized carbons (Fsp3) is 0.409. The minimum atomic E-state index is -0.523. The van der Waals surface area contributed by atoms with Crippen molar-refractivity contribution in [2.75, 3.05) is 49.3 Å². The Bertz CT molecular complexity index is 1040. The Morgan fingerprint density at radius 2 is 2.12 bits per heavy atom. The highest BCUT2D eigenvalue weighted by Gasteiger charge is 2.35. The molecule has 1 aromatic carbocycles. The van der Waals surface area contributed by atoms with Crippen LogP contribution in [0, 0.1) is 0 Å². The van der Waals surface area contributed by atoms with Crippen LogP contribution in [0.15, 0.2) is 30.3 Å². The van der Waals surface area contributed by atoms with Crippen LogP contribution in [0.3, 0.4) is 0 Å². The average Bonchev–Trinajstić information content (AvgIpc) is 3.41. The average molecular weight is 494 g/mol. The summed E-state index contributed by atoms with van der Waals surface area (Å²) in [5.41, 5.74) is 1.24. The molecule has 33 heavy (non-hydrogen) atoms. The third-order valence-corrected chi connectivity index (χ3v) is 6.38. The number of nitrogens with zero attached hydrogens (tertiary/aromatic N) is 2. The van der Waals surface area contributed by atoms with Crippen LogP contribution in [0.25, 0.3) is 0 Å². The van der Waals surface area contributed by atoms with Crippen molar-refractivity contribution in [2.45, 2.75) is 19.4 Å². The van der Waals surface area contributed by atoms with Crippen LogP contribution in [-0.2, 0) is 14.3 Å². The molecule has 2 saturated heterocycles. The molecular weight excluding hydrogens is 470 g/mol. The summed E-state index contributed by atoms with van der Waals surface area (Å²) in [6, 6.07) is 8.59. The van der Waals surface area contributed by atoms with E-state index < -0.39 is 12.2 Å². The van der Waals surface area contributed by atoms with Gasteiger partial charge in [-0.2, -0.15) is 0 Å². The van der Waals surface area contributed by atoms with E-state index >= 15 is 0 Å². The Morgan fingerprint density at radius 1 is 1.27 bits per heavy atom. The van der Waals surface area contributed by atoms with Gasteiger partial charge >= 0.3 is 6.09 Å². The van der Waals surface area contributed by atoms with Gasteiger partial charge in [0.05, 0.1) is 41.2 Å². The Labute approximate surface area is 200 Å². The lowest BCUT2D eigenvalue weighted by Gasteiger charge is -2.28. The van der Waals surface area contributed by atoms with E-state index in [0.717, 1.165) is 6.42 Å². The molecule has 0 spiro atoms. The molecule has 2 aliphatic heterocycles. The van der Waals surface area contributed by atoms with Crippen LogP contribution < -0.4 is 19.9 Å². The van der Waals surface area contributed by atoms with Gasteiger partial charge in [0.15, 0.2) is 0 Å². The number of morpholine rings is 1. The van der Waals surface area contributed by atoms with Crippen molar-refractivity contribution in [2.24, 2.45) is 0 Å². The van der Waals surface area contributed by atoms with Crippen molar-refractivity contribution in [3.63, 3.8) is 0 Å². The second-order valence-corrected chi connectivity index (χ2v) is 9.24. The first-order chi connectivity index (χ1) is 16.0. The van der Waals surface area contributed by atoms with E-state index in [0.29, 0.717) is 46.1 Å². The minimum Gasteiger partial charge on any atom is -0.491 e. The quantitative estimate of drug-likeness (QED) is 0.606. The molecule has 176 valence electrons. The molecule has 0 bridgehead atoms. The van der Waals surface area contributed by atoms with E-state index in [1.807, 2.05) is 6.92 Å².